The summed E-state index contributed by atoms with van der Waals surface area (Å²) in [5.41, 5.74) is -0.00415. The lowest BCUT2D eigenvalue weighted by molar-refractivity contribution is 0.103. The molecule has 0 aliphatic heterocycles. The maximum Gasteiger partial charge on any atom is 0.294 e. The van der Waals surface area contributed by atoms with Gasteiger partial charge in [-0.05, 0) is 30.3 Å². The van der Waals surface area contributed by atoms with Crippen LogP contribution >= 0.6 is 0 Å². The summed E-state index contributed by atoms with van der Waals surface area (Å²) >= 11 is 0. The van der Waals surface area contributed by atoms with E-state index in [4.69, 9.17) is 9.29 Å². The van der Waals surface area contributed by atoms with Crippen molar-refractivity contribution in [3.05, 3.63) is 53.6 Å². The van der Waals surface area contributed by atoms with Crippen molar-refractivity contribution >= 4 is 15.9 Å². The Balaban J connectivity index is 2.52. The zero-order valence-corrected chi connectivity index (χ0v) is 11.8. The van der Waals surface area contributed by atoms with Gasteiger partial charge < -0.3 is 9.84 Å². The maximum absolute atomic E-state index is 12.3. The SMILES string of the molecule is COc1cccc(C(=O)c2cc(S(=O)(=O)O)ccc2O)c1. The van der Waals surface area contributed by atoms with Crippen molar-refractivity contribution in [3.8, 4) is 11.5 Å². The number of methoxy groups -OCH3 is 1. The average Bonchev–Trinajstić information content (AvgIpc) is 2.46. The number of aromatic hydroxyl groups is 1. The summed E-state index contributed by atoms with van der Waals surface area (Å²) in [6.45, 7) is 0. The van der Waals surface area contributed by atoms with Crippen LogP contribution in [0.25, 0.3) is 0 Å². The van der Waals surface area contributed by atoms with E-state index in [9.17, 15) is 18.3 Å². The minimum atomic E-state index is -4.46. The van der Waals surface area contributed by atoms with Crippen molar-refractivity contribution in [2.45, 2.75) is 4.90 Å². The number of carbonyl (C=O) groups is 1. The van der Waals surface area contributed by atoms with Crippen LogP contribution in [-0.2, 0) is 10.1 Å². The van der Waals surface area contributed by atoms with Crippen LogP contribution in [0.2, 0.25) is 0 Å². The van der Waals surface area contributed by atoms with Crippen LogP contribution in [0.15, 0.2) is 47.4 Å². The number of benzene rings is 2. The number of phenolic OH excluding ortho intramolecular Hbond substituents is 1. The second-order valence-corrected chi connectivity index (χ2v) is 5.64. The van der Waals surface area contributed by atoms with Crippen LogP contribution in [0, 0.1) is 0 Å². The molecule has 0 unspecified atom stereocenters. The third kappa shape index (κ3) is 3.21. The third-order valence-corrected chi connectivity index (χ3v) is 3.69. The fourth-order valence-corrected chi connectivity index (χ4v) is 2.28. The van der Waals surface area contributed by atoms with Gasteiger partial charge in [0.1, 0.15) is 11.5 Å². The molecule has 0 radical (unpaired) electrons. The summed E-state index contributed by atoms with van der Waals surface area (Å²) < 4.78 is 36.2. The predicted molar refractivity (Wildman–Crippen MR) is 74.3 cm³/mol. The monoisotopic (exact) mass is 308 g/mol. The highest BCUT2D eigenvalue weighted by atomic mass is 32.2. The van der Waals surface area contributed by atoms with Crippen LogP contribution in [0.5, 0.6) is 11.5 Å². The van der Waals surface area contributed by atoms with Crippen molar-refractivity contribution in [3.63, 3.8) is 0 Å². The first kappa shape index (κ1) is 15.0. The summed E-state index contributed by atoms with van der Waals surface area (Å²) in [5, 5.41) is 9.73. The van der Waals surface area contributed by atoms with Crippen LogP contribution < -0.4 is 4.74 Å². The first-order valence-electron chi connectivity index (χ1n) is 5.82. The lowest BCUT2D eigenvalue weighted by Crippen LogP contribution is -2.05. The van der Waals surface area contributed by atoms with E-state index in [0.717, 1.165) is 18.2 Å². The van der Waals surface area contributed by atoms with E-state index in [1.165, 1.54) is 19.2 Å². The Morgan fingerprint density at radius 2 is 1.86 bits per heavy atom. The lowest BCUT2D eigenvalue weighted by Gasteiger charge is -2.07. The van der Waals surface area contributed by atoms with E-state index < -0.39 is 20.8 Å². The Morgan fingerprint density at radius 1 is 1.14 bits per heavy atom. The molecule has 0 saturated carbocycles. The molecule has 0 amide bonds. The summed E-state index contributed by atoms with van der Waals surface area (Å²) in [5.74, 6) is -0.515. The van der Waals surface area contributed by atoms with Crippen molar-refractivity contribution in [1.82, 2.24) is 0 Å². The van der Waals surface area contributed by atoms with E-state index >= 15 is 0 Å². The van der Waals surface area contributed by atoms with E-state index in [2.05, 4.69) is 0 Å². The Bertz CT molecular complexity index is 795. The fraction of sp³-hybridized carbons (Fsp3) is 0.0714. The second-order valence-electron chi connectivity index (χ2n) is 4.22. The molecule has 0 aliphatic carbocycles. The largest absolute Gasteiger partial charge is 0.507 e. The van der Waals surface area contributed by atoms with Gasteiger partial charge in [-0.1, -0.05) is 12.1 Å². The molecule has 2 aromatic carbocycles. The van der Waals surface area contributed by atoms with Crippen molar-refractivity contribution in [2.24, 2.45) is 0 Å². The van der Waals surface area contributed by atoms with Gasteiger partial charge in [0.15, 0.2) is 5.78 Å². The number of phenols is 1. The second kappa shape index (κ2) is 5.55. The van der Waals surface area contributed by atoms with E-state index in [0.29, 0.717) is 5.75 Å². The minimum absolute atomic E-state index is 0.220. The van der Waals surface area contributed by atoms with Crippen molar-refractivity contribution in [1.29, 1.82) is 0 Å². The summed E-state index contributed by atoms with van der Waals surface area (Å²) in [4.78, 5) is 11.9. The van der Waals surface area contributed by atoms with Crippen LogP contribution in [0.3, 0.4) is 0 Å². The van der Waals surface area contributed by atoms with Gasteiger partial charge in [-0.3, -0.25) is 9.35 Å². The molecule has 6 nitrogen and oxygen atoms in total. The Morgan fingerprint density at radius 3 is 2.48 bits per heavy atom. The van der Waals surface area contributed by atoms with Crippen molar-refractivity contribution < 1.29 is 27.6 Å². The number of hydrogen-bond acceptors (Lipinski definition) is 5. The highest BCUT2D eigenvalue weighted by molar-refractivity contribution is 7.85. The van der Waals surface area contributed by atoms with Crippen LogP contribution in [0.1, 0.15) is 15.9 Å². The summed E-state index contributed by atoms with van der Waals surface area (Å²) in [7, 11) is -3.01. The fourth-order valence-electron chi connectivity index (χ4n) is 1.78. The number of rotatable bonds is 4. The Kier molecular flexibility index (Phi) is 3.97. The maximum atomic E-state index is 12.3. The third-order valence-electron chi connectivity index (χ3n) is 2.84. The molecular weight excluding hydrogens is 296 g/mol. The van der Waals surface area contributed by atoms with Gasteiger partial charge >= 0.3 is 0 Å². The minimum Gasteiger partial charge on any atom is -0.507 e. The van der Waals surface area contributed by atoms with Gasteiger partial charge in [0.05, 0.1) is 17.6 Å². The molecule has 2 rings (SSSR count). The first-order chi connectivity index (χ1) is 9.82. The Hall–Kier alpha value is -2.38. The molecule has 0 heterocycles. The molecule has 0 bridgehead atoms. The molecule has 0 spiro atoms. The predicted octanol–water partition coefficient (Wildman–Crippen LogP) is 1.88. The molecule has 0 atom stereocenters. The van der Waals surface area contributed by atoms with E-state index in [-0.39, 0.29) is 16.9 Å². The molecule has 7 heteroatoms. The number of ketones is 1. The molecule has 2 N–H and O–H groups in total. The zero-order chi connectivity index (χ0) is 15.6. The topological polar surface area (TPSA) is 101 Å². The van der Waals surface area contributed by atoms with E-state index in [1.807, 2.05) is 0 Å². The van der Waals surface area contributed by atoms with Gasteiger partial charge in [0.25, 0.3) is 10.1 Å². The summed E-state index contributed by atoms with van der Waals surface area (Å²) in [6, 6.07) is 9.17. The van der Waals surface area contributed by atoms with E-state index in [1.54, 1.807) is 12.1 Å². The summed E-state index contributed by atoms with van der Waals surface area (Å²) in [6.07, 6.45) is 0. The molecule has 0 saturated heterocycles. The van der Waals surface area contributed by atoms with Gasteiger partial charge in [0, 0.05) is 5.56 Å². The zero-order valence-electron chi connectivity index (χ0n) is 11.0. The molecule has 21 heavy (non-hydrogen) atoms. The molecule has 110 valence electrons. The number of carbonyl (C=O) groups excluding carboxylic acids is 1. The van der Waals surface area contributed by atoms with Crippen molar-refractivity contribution in [2.75, 3.05) is 7.11 Å². The molecule has 0 fully saturated rings. The van der Waals surface area contributed by atoms with Gasteiger partial charge in [-0.25, -0.2) is 0 Å². The smallest absolute Gasteiger partial charge is 0.294 e. The number of ether oxygens (including phenoxy) is 1. The molecule has 2 aromatic rings. The highest BCUT2D eigenvalue weighted by Gasteiger charge is 2.18. The quantitative estimate of drug-likeness (QED) is 0.660. The molecular formula is C14H12O6S. The normalized spacial score (nSPS) is 11.1. The standard InChI is InChI=1S/C14H12O6S/c1-20-10-4-2-3-9(7-10)14(16)12-8-11(21(17,18)19)5-6-13(12)15/h2-8,15H,1H3,(H,17,18,19). The number of hydrogen-bond donors (Lipinski definition) is 2. The molecule has 0 aliphatic rings. The van der Waals surface area contributed by atoms with Gasteiger partial charge in [-0.2, -0.15) is 8.42 Å². The van der Waals surface area contributed by atoms with Crippen LogP contribution in [0.4, 0.5) is 0 Å². The van der Waals surface area contributed by atoms with Crippen LogP contribution in [-0.4, -0.2) is 31.0 Å². The van der Waals surface area contributed by atoms with Gasteiger partial charge in [0.2, 0.25) is 0 Å². The Labute approximate surface area is 121 Å². The highest BCUT2D eigenvalue weighted by Crippen LogP contribution is 2.25. The lowest BCUT2D eigenvalue weighted by atomic mass is 10.0. The molecule has 0 aromatic heterocycles. The average molecular weight is 308 g/mol. The van der Waals surface area contributed by atoms with Gasteiger partial charge in [-0.15, -0.1) is 0 Å². The first-order valence-corrected chi connectivity index (χ1v) is 7.26.